The third-order valence-electron chi connectivity index (χ3n) is 2.29. The normalized spacial score (nSPS) is 10.7. The Morgan fingerprint density at radius 2 is 2.06 bits per heavy atom. The molecule has 0 aliphatic heterocycles. The molecule has 0 unspecified atom stereocenters. The Labute approximate surface area is 98.1 Å². The van der Waals surface area contributed by atoms with E-state index in [9.17, 15) is 0 Å². The molecule has 0 bridgehead atoms. The van der Waals surface area contributed by atoms with Crippen molar-refractivity contribution in [1.82, 2.24) is 19.7 Å². The van der Waals surface area contributed by atoms with Gasteiger partial charge in [-0.15, -0.1) is 10.2 Å². The molecule has 0 amide bonds. The van der Waals surface area contributed by atoms with Gasteiger partial charge in [-0.3, -0.25) is 0 Å². The molecule has 2 heterocycles. The lowest BCUT2D eigenvalue weighted by molar-refractivity contribution is 0.764. The number of nitrogen functional groups attached to an aromatic ring is 1. The maximum atomic E-state index is 5.65. The van der Waals surface area contributed by atoms with Gasteiger partial charge in [0, 0.05) is 7.05 Å². The van der Waals surface area contributed by atoms with E-state index in [0.29, 0.717) is 5.69 Å². The summed E-state index contributed by atoms with van der Waals surface area (Å²) in [7, 11) is 1.93. The van der Waals surface area contributed by atoms with Crippen LogP contribution in [-0.4, -0.2) is 19.7 Å². The van der Waals surface area contributed by atoms with E-state index in [0.717, 1.165) is 21.6 Å². The number of pyridine rings is 1. The summed E-state index contributed by atoms with van der Waals surface area (Å²) in [6.45, 7) is 3.90. The molecule has 2 N–H and O–H groups in total. The second-order valence-electron chi connectivity index (χ2n) is 3.58. The number of nitrogens with zero attached hydrogens (tertiary/aromatic N) is 4. The minimum Gasteiger partial charge on any atom is -0.397 e. The van der Waals surface area contributed by atoms with E-state index in [4.69, 9.17) is 5.73 Å². The largest absolute Gasteiger partial charge is 0.397 e. The third kappa shape index (κ3) is 2.01. The topological polar surface area (TPSA) is 69.6 Å². The molecule has 0 aliphatic carbocycles. The zero-order valence-electron chi connectivity index (χ0n) is 9.43. The second-order valence-corrected chi connectivity index (χ2v) is 4.54. The predicted molar refractivity (Wildman–Crippen MR) is 63.2 cm³/mol. The van der Waals surface area contributed by atoms with Crippen molar-refractivity contribution < 1.29 is 0 Å². The number of rotatable bonds is 2. The molecule has 0 fully saturated rings. The Balaban J connectivity index is 2.30. The Morgan fingerprint density at radius 3 is 2.62 bits per heavy atom. The molecule has 0 saturated carbocycles. The van der Waals surface area contributed by atoms with E-state index in [1.54, 1.807) is 6.20 Å². The van der Waals surface area contributed by atoms with Crippen molar-refractivity contribution in [2.75, 3.05) is 5.73 Å². The molecular formula is C10H13N5S. The van der Waals surface area contributed by atoms with E-state index in [1.807, 2.05) is 31.5 Å². The van der Waals surface area contributed by atoms with Crippen molar-refractivity contribution in [2.45, 2.75) is 24.0 Å². The van der Waals surface area contributed by atoms with Crippen LogP contribution in [0.2, 0.25) is 0 Å². The van der Waals surface area contributed by atoms with Gasteiger partial charge in [0.05, 0.1) is 11.9 Å². The van der Waals surface area contributed by atoms with Gasteiger partial charge in [0.2, 0.25) is 0 Å². The van der Waals surface area contributed by atoms with Crippen LogP contribution in [0.15, 0.2) is 22.4 Å². The molecule has 2 aromatic heterocycles. The minimum absolute atomic E-state index is 0.677. The highest BCUT2D eigenvalue weighted by Crippen LogP contribution is 2.27. The molecule has 0 radical (unpaired) electrons. The van der Waals surface area contributed by atoms with Crippen molar-refractivity contribution in [1.29, 1.82) is 0 Å². The Morgan fingerprint density at radius 1 is 1.31 bits per heavy atom. The third-order valence-corrected chi connectivity index (χ3v) is 3.45. The van der Waals surface area contributed by atoms with Gasteiger partial charge in [0.15, 0.2) is 5.16 Å². The fourth-order valence-electron chi connectivity index (χ4n) is 1.25. The average molecular weight is 235 g/mol. The van der Waals surface area contributed by atoms with Crippen LogP contribution >= 0.6 is 11.8 Å². The Kier molecular flexibility index (Phi) is 2.82. The highest BCUT2D eigenvalue weighted by molar-refractivity contribution is 7.99. The van der Waals surface area contributed by atoms with Crippen LogP contribution in [0, 0.1) is 13.8 Å². The van der Waals surface area contributed by atoms with Gasteiger partial charge in [0.25, 0.3) is 0 Å². The number of nitrogens with two attached hydrogens (primary N) is 1. The van der Waals surface area contributed by atoms with Gasteiger partial charge in [-0.1, -0.05) is 0 Å². The number of aromatic nitrogens is 4. The van der Waals surface area contributed by atoms with Crippen molar-refractivity contribution in [3.63, 3.8) is 0 Å². The van der Waals surface area contributed by atoms with E-state index in [2.05, 4.69) is 15.2 Å². The molecule has 0 saturated heterocycles. The van der Waals surface area contributed by atoms with Crippen LogP contribution in [0.25, 0.3) is 0 Å². The van der Waals surface area contributed by atoms with Crippen molar-refractivity contribution in [2.24, 2.45) is 7.05 Å². The maximum Gasteiger partial charge on any atom is 0.197 e. The molecule has 16 heavy (non-hydrogen) atoms. The first-order chi connectivity index (χ1) is 7.58. The summed E-state index contributed by atoms with van der Waals surface area (Å²) in [5.74, 6) is 0.885. The highest BCUT2D eigenvalue weighted by atomic mass is 32.2. The number of aryl methyl sites for hydroxylation is 2. The number of anilines is 1. The summed E-state index contributed by atoms with van der Waals surface area (Å²) in [4.78, 5) is 4.28. The molecule has 5 nitrogen and oxygen atoms in total. The van der Waals surface area contributed by atoms with Gasteiger partial charge >= 0.3 is 0 Å². The van der Waals surface area contributed by atoms with Crippen molar-refractivity contribution >= 4 is 17.4 Å². The molecule has 0 atom stereocenters. The maximum absolute atomic E-state index is 5.65. The summed E-state index contributed by atoms with van der Waals surface area (Å²) >= 11 is 1.49. The van der Waals surface area contributed by atoms with Crippen LogP contribution in [0.5, 0.6) is 0 Å². The number of hydrogen-bond donors (Lipinski definition) is 1. The first-order valence-electron chi connectivity index (χ1n) is 4.84. The monoisotopic (exact) mass is 235 g/mol. The van der Waals surface area contributed by atoms with E-state index >= 15 is 0 Å². The second kappa shape index (κ2) is 4.13. The van der Waals surface area contributed by atoms with Gasteiger partial charge in [-0.2, -0.15) is 0 Å². The lowest BCUT2D eigenvalue weighted by Gasteiger charge is -2.04. The zero-order chi connectivity index (χ0) is 11.7. The van der Waals surface area contributed by atoms with Gasteiger partial charge in [-0.05, 0) is 37.2 Å². The zero-order valence-corrected chi connectivity index (χ0v) is 10.2. The molecule has 2 aromatic rings. The lowest BCUT2D eigenvalue weighted by atomic mass is 10.3. The molecule has 84 valence electrons. The Bertz CT molecular complexity index is 520. The Hall–Kier alpha value is -1.56. The first kappa shape index (κ1) is 10.9. The van der Waals surface area contributed by atoms with Crippen LogP contribution < -0.4 is 5.73 Å². The van der Waals surface area contributed by atoms with E-state index < -0.39 is 0 Å². The van der Waals surface area contributed by atoms with Gasteiger partial charge in [0.1, 0.15) is 10.9 Å². The van der Waals surface area contributed by atoms with Crippen LogP contribution in [0.4, 0.5) is 5.69 Å². The van der Waals surface area contributed by atoms with Crippen molar-refractivity contribution in [3.8, 4) is 0 Å². The molecule has 0 aromatic carbocycles. The molecule has 0 spiro atoms. The fraction of sp³-hybridized carbons (Fsp3) is 0.300. The van der Waals surface area contributed by atoms with Gasteiger partial charge < -0.3 is 10.3 Å². The summed E-state index contributed by atoms with van der Waals surface area (Å²) in [5.41, 5.74) is 7.37. The summed E-state index contributed by atoms with van der Waals surface area (Å²) in [6, 6.07) is 1.90. The van der Waals surface area contributed by atoms with Crippen LogP contribution in [-0.2, 0) is 7.05 Å². The highest BCUT2D eigenvalue weighted by Gasteiger charge is 2.09. The van der Waals surface area contributed by atoms with Crippen molar-refractivity contribution in [3.05, 3.63) is 23.7 Å². The average Bonchev–Trinajstić information content (AvgIpc) is 2.54. The van der Waals surface area contributed by atoms with E-state index in [-0.39, 0.29) is 0 Å². The summed E-state index contributed by atoms with van der Waals surface area (Å²) < 4.78 is 1.93. The van der Waals surface area contributed by atoms with Crippen LogP contribution in [0.3, 0.4) is 0 Å². The first-order valence-corrected chi connectivity index (χ1v) is 5.65. The molecular weight excluding hydrogens is 222 g/mol. The quantitative estimate of drug-likeness (QED) is 0.855. The van der Waals surface area contributed by atoms with Gasteiger partial charge in [-0.25, -0.2) is 4.98 Å². The summed E-state index contributed by atoms with van der Waals surface area (Å²) in [5, 5.41) is 9.82. The van der Waals surface area contributed by atoms with E-state index in [1.165, 1.54) is 11.8 Å². The fourth-order valence-corrected chi connectivity index (χ4v) is 2.10. The predicted octanol–water partition coefficient (Wildman–Crippen LogP) is 1.56. The smallest absolute Gasteiger partial charge is 0.197 e. The molecule has 0 aliphatic rings. The molecule has 6 heteroatoms. The summed E-state index contributed by atoms with van der Waals surface area (Å²) in [6.07, 6.45) is 1.65. The van der Waals surface area contributed by atoms with Crippen LogP contribution in [0.1, 0.15) is 11.4 Å². The lowest BCUT2D eigenvalue weighted by Crippen LogP contribution is -1.95. The molecule has 2 rings (SSSR count). The SMILES string of the molecule is Cc1cc(N)cnc1Sc1nnc(C)n1C. The standard InChI is InChI=1S/C10H13N5S/c1-6-4-8(11)5-12-9(6)16-10-14-13-7(2)15(10)3/h4-5H,11H2,1-3H3. The number of hydrogen-bond acceptors (Lipinski definition) is 5. The minimum atomic E-state index is 0.677.